The predicted molar refractivity (Wildman–Crippen MR) is 99.0 cm³/mol. The molecular formula is C18H18ClN3OS. The van der Waals surface area contributed by atoms with Gasteiger partial charge in [-0.25, -0.2) is 0 Å². The molecule has 0 amide bonds. The third-order valence-electron chi connectivity index (χ3n) is 3.53. The molecule has 2 aromatic carbocycles. The monoisotopic (exact) mass is 359 g/mol. The Morgan fingerprint density at radius 1 is 1.12 bits per heavy atom. The van der Waals surface area contributed by atoms with E-state index in [0.29, 0.717) is 5.02 Å². The van der Waals surface area contributed by atoms with E-state index >= 15 is 0 Å². The van der Waals surface area contributed by atoms with E-state index < -0.39 is 0 Å². The molecule has 0 bridgehead atoms. The van der Waals surface area contributed by atoms with Crippen LogP contribution in [-0.2, 0) is 0 Å². The summed E-state index contributed by atoms with van der Waals surface area (Å²) in [5, 5.41) is 19.3. The zero-order valence-electron chi connectivity index (χ0n) is 13.3. The fraction of sp³-hybridized carbons (Fsp3) is 0.222. The van der Waals surface area contributed by atoms with E-state index in [1.165, 1.54) is 5.56 Å². The van der Waals surface area contributed by atoms with Gasteiger partial charge in [0.2, 0.25) is 0 Å². The molecule has 0 fully saturated rings. The second-order valence-corrected chi connectivity index (χ2v) is 6.91. The fourth-order valence-corrected chi connectivity index (χ4v) is 3.38. The van der Waals surface area contributed by atoms with Gasteiger partial charge < -0.3 is 5.11 Å². The first-order chi connectivity index (χ1) is 11.7. The van der Waals surface area contributed by atoms with Crippen molar-refractivity contribution in [1.29, 1.82) is 0 Å². The Balaban J connectivity index is 2.07. The molecule has 6 heteroatoms. The van der Waals surface area contributed by atoms with Gasteiger partial charge in [0.1, 0.15) is 0 Å². The molecule has 3 aromatic rings. The maximum atomic E-state index is 9.01. The molecule has 1 aromatic heterocycles. The number of halogens is 1. The number of aliphatic hydroxyl groups excluding tert-OH is 1. The molecular weight excluding hydrogens is 342 g/mol. The quantitative estimate of drug-likeness (QED) is 0.524. The number of benzene rings is 2. The van der Waals surface area contributed by atoms with Crippen molar-refractivity contribution >= 4 is 23.4 Å². The van der Waals surface area contributed by atoms with Gasteiger partial charge in [0.15, 0.2) is 11.0 Å². The van der Waals surface area contributed by atoms with E-state index in [1.807, 2.05) is 36.4 Å². The van der Waals surface area contributed by atoms with E-state index in [4.69, 9.17) is 16.7 Å². The highest BCUT2D eigenvalue weighted by Crippen LogP contribution is 2.29. The molecule has 0 radical (unpaired) electrons. The number of hydrogen-bond donors (Lipinski definition) is 1. The van der Waals surface area contributed by atoms with Gasteiger partial charge in [-0.2, -0.15) is 0 Å². The van der Waals surface area contributed by atoms with Crippen molar-refractivity contribution in [2.24, 2.45) is 0 Å². The van der Waals surface area contributed by atoms with Crippen molar-refractivity contribution in [3.63, 3.8) is 0 Å². The van der Waals surface area contributed by atoms with Crippen molar-refractivity contribution in [3.05, 3.63) is 59.1 Å². The van der Waals surface area contributed by atoms with Gasteiger partial charge in [-0.3, -0.25) is 4.57 Å². The molecule has 24 heavy (non-hydrogen) atoms. The van der Waals surface area contributed by atoms with Crippen molar-refractivity contribution in [2.45, 2.75) is 18.5 Å². The van der Waals surface area contributed by atoms with Crippen LogP contribution in [-0.4, -0.2) is 32.2 Å². The topological polar surface area (TPSA) is 50.9 Å². The third-order valence-corrected chi connectivity index (χ3v) is 4.80. The summed E-state index contributed by atoms with van der Waals surface area (Å²) in [5.74, 6) is 1.57. The minimum Gasteiger partial charge on any atom is -0.396 e. The van der Waals surface area contributed by atoms with Crippen LogP contribution in [0.4, 0.5) is 0 Å². The lowest BCUT2D eigenvalue weighted by Crippen LogP contribution is -2.00. The van der Waals surface area contributed by atoms with Crippen LogP contribution in [0.5, 0.6) is 0 Å². The summed E-state index contributed by atoms with van der Waals surface area (Å²) in [7, 11) is 0. The van der Waals surface area contributed by atoms with Crippen molar-refractivity contribution in [3.8, 4) is 17.1 Å². The maximum absolute atomic E-state index is 9.01. The number of hydrogen-bond acceptors (Lipinski definition) is 4. The Morgan fingerprint density at radius 2 is 1.92 bits per heavy atom. The highest BCUT2D eigenvalue weighted by atomic mass is 35.5. The van der Waals surface area contributed by atoms with Crippen LogP contribution in [0.1, 0.15) is 12.0 Å². The van der Waals surface area contributed by atoms with E-state index in [1.54, 1.807) is 11.8 Å². The summed E-state index contributed by atoms with van der Waals surface area (Å²) >= 11 is 7.59. The fourth-order valence-electron chi connectivity index (χ4n) is 2.38. The van der Waals surface area contributed by atoms with Gasteiger partial charge in [0.25, 0.3) is 0 Å². The minimum atomic E-state index is 0.176. The summed E-state index contributed by atoms with van der Waals surface area (Å²) in [5.41, 5.74) is 3.16. The molecule has 0 aliphatic carbocycles. The SMILES string of the molecule is Cc1cccc(-n2c(SCCCO)nnc2-c2ccc(Cl)cc2)c1. The summed E-state index contributed by atoms with van der Waals surface area (Å²) in [4.78, 5) is 0. The van der Waals surface area contributed by atoms with Crippen molar-refractivity contribution < 1.29 is 5.11 Å². The standard InChI is InChI=1S/C18H18ClN3OS/c1-13-4-2-5-16(12-13)22-17(14-6-8-15(19)9-7-14)20-21-18(22)24-11-3-10-23/h2,4-9,12,23H,3,10-11H2,1H3. The van der Waals surface area contributed by atoms with E-state index in [2.05, 4.69) is 33.8 Å². The van der Waals surface area contributed by atoms with Crippen molar-refractivity contribution in [2.75, 3.05) is 12.4 Å². The van der Waals surface area contributed by atoms with Gasteiger partial charge in [0, 0.05) is 28.6 Å². The third kappa shape index (κ3) is 3.80. The van der Waals surface area contributed by atoms with Gasteiger partial charge in [-0.15, -0.1) is 10.2 Å². The molecule has 0 unspecified atom stereocenters. The zero-order chi connectivity index (χ0) is 16.9. The van der Waals surface area contributed by atoms with Crippen LogP contribution < -0.4 is 0 Å². The average Bonchev–Trinajstić information content (AvgIpc) is 3.00. The molecule has 0 saturated heterocycles. The molecule has 124 valence electrons. The van der Waals surface area contributed by atoms with Gasteiger partial charge in [0.05, 0.1) is 0 Å². The lowest BCUT2D eigenvalue weighted by Gasteiger charge is -2.11. The number of aromatic nitrogens is 3. The Bertz CT molecular complexity index is 817. The zero-order valence-corrected chi connectivity index (χ0v) is 14.9. The van der Waals surface area contributed by atoms with Crippen LogP contribution in [0.2, 0.25) is 5.02 Å². The Kier molecular flexibility index (Phi) is 5.56. The lowest BCUT2D eigenvalue weighted by atomic mass is 10.2. The van der Waals surface area contributed by atoms with Crippen LogP contribution in [0.3, 0.4) is 0 Å². The number of rotatable bonds is 6. The first-order valence-corrected chi connectivity index (χ1v) is 9.07. The first-order valence-electron chi connectivity index (χ1n) is 7.71. The second-order valence-electron chi connectivity index (χ2n) is 5.41. The average molecular weight is 360 g/mol. The largest absolute Gasteiger partial charge is 0.396 e. The van der Waals surface area contributed by atoms with E-state index in [0.717, 1.165) is 34.4 Å². The van der Waals surface area contributed by atoms with Crippen molar-refractivity contribution in [1.82, 2.24) is 14.8 Å². The van der Waals surface area contributed by atoms with E-state index in [-0.39, 0.29) is 6.61 Å². The molecule has 0 atom stereocenters. The van der Waals surface area contributed by atoms with Crippen LogP contribution in [0.25, 0.3) is 17.1 Å². The lowest BCUT2D eigenvalue weighted by molar-refractivity contribution is 0.296. The summed E-state index contributed by atoms with van der Waals surface area (Å²) < 4.78 is 2.05. The predicted octanol–water partition coefficient (Wildman–Crippen LogP) is 4.37. The highest BCUT2D eigenvalue weighted by Gasteiger charge is 2.16. The number of aliphatic hydroxyl groups is 1. The summed E-state index contributed by atoms with van der Waals surface area (Å²) in [6.07, 6.45) is 0.724. The molecule has 0 aliphatic rings. The van der Waals surface area contributed by atoms with Gasteiger partial charge in [-0.05, 0) is 55.3 Å². The number of nitrogens with zero attached hydrogens (tertiary/aromatic N) is 3. The maximum Gasteiger partial charge on any atom is 0.196 e. The first kappa shape index (κ1) is 17.0. The van der Waals surface area contributed by atoms with E-state index in [9.17, 15) is 0 Å². The summed E-state index contributed by atoms with van der Waals surface area (Å²) in [6, 6.07) is 15.8. The Hall–Kier alpha value is -1.82. The smallest absolute Gasteiger partial charge is 0.196 e. The minimum absolute atomic E-state index is 0.176. The van der Waals surface area contributed by atoms with Crippen LogP contribution >= 0.6 is 23.4 Å². The molecule has 1 heterocycles. The molecule has 4 nitrogen and oxygen atoms in total. The normalized spacial score (nSPS) is 11.0. The van der Waals surface area contributed by atoms with Gasteiger partial charge in [-0.1, -0.05) is 35.5 Å². The summed E-state index contributed by atoms with van der Waals surface area (Å²) in [6.45, 7) is 2.24. The molecule has 0 spiro atoms. The Labute approximate surface area is 150 Å². The molecule has 0 saturated carbocycles. The van der Waals surface area contributed by atoms with Crippen LogP contribution in [0, 0.1) is 6.92 Å². The number of thioether (sulfide) groups is 1. The highest BCUT2D eigenvalue weighted by molar-refractivity contribution is 7.99. The molecule has 1 N–H and O–H groups in total. The van der Waals surface area contributed by atoms with Gasteiger partial charge >= 0.3 is 0 Å². The number of aryl methyl sites for hydroxylation is 1. The molecule has 0 aliphatic heterocycles. The molecule has 3 rings (SSSR count). The van der Waals surface area contributed by atoms with Crippen LogP contribution in [0.15, 0.2) is 53.7 Å². The second kappa shape index (κ2) is 7.83. The Morgan fingerprint density at radius 3 is 2.62 bits per heavy atom.